The zero-order chi connectivity index (χ0) is 16.1. The molecule has 0 bridgehead atoms. The van der Waals surface area contributed by atoms with Gasteiger partial charge in [-0.1, -0.05) is 13.8 Å². The first-order valence-electron chi connectivity index (χ1n) is 8.76. The number of likely N-dealkylation sites (tertiary alicyclic amines) is 1. The van der Waals surface area contributed by atoms with Gasteiger partial charge in [-0.15, -0.1) is 0 Å². The first-order chi connectivity index (χ1) is 10.5. The Labute approximate surface area is 133 Å². The summed E-state index contributed by atoms with van der Waals surface area (Å²) in [7, 11) is 0. The van der Waals surface area contributed by atoms with E-state index in [0.717, 1.165) is 18.8 Å². The van der Waals surface area contributed by atoms with E-state index in [2.05, 4.69) is 12.2 Å². The highest BCUT2D eigenvalue weighted by atomic mass is 16.3. The van der Waals surface area contributed by atoms with Crippen molar-refractivity contribution in [2.75, 3.05) is 13.1 Å². The number of nitrogens with zero attached hydrogens (tertiary/aromatic N) is 1. The number of nitrogens with one attached hydrogen (secondary N) is 1. The molecule has 5 heteroatoms. The lowest BCUT2D eigenvalue weighted by Crippen LogP contribution is -2.40. The lowest BCUT2D eigenvalue weighted by atomic mass is 9.87. The average Bonchev–Trinajstić information content (AvgIpc) is 2.90. The molecular weight excluding hydrogens is 280 g/mol. The van der Waals surface area contributed by atoms with Crippen LogP contribution in [0.25, 0.3) is 0 Å². The SMILES string of the molecule is CCC(O)CCNC(=O)C1CC(=O)N(C2CCC(C)CC2)C1. The Morgan fingerprint density at radius 3 is 2.68 bits per heavy atom. The maximum Gasteiger partial charge on any atom is 0.225 e. The summed E-state index contributed by atoms with van der Waals surface area (Å²) < 4.78 is 0. The van der Waals surface area contributed by atoms with Crippen LogP contribution in [0.2, 0.25) is 0 Å². The largest absolute Gasteiger partial charge is 0.393 e. The lowest BCUT2D eigenvalue weighted by Gasteiger charge is -2.33. The van der Waals surface area contributed by atoms with Crippen LogP contribution in [-0.2, 0) is 9.59 Å². The highest BCUT2D eigenvalue weighted by Crippen LogP contribution is 2.31. The van der Waals surface area contributed by atoms with Crippen LogP contribution in [0.15, 0.2) is 0 Å². The predicted octanol–water partition coefficient (Wildman–Crippen LogP) is 1.69. The Morgan fingerprint density at radius 2 is 2.05 bits per heavy atom. The molecule has 1 aliphatic heterocycles. The Morgan fingerprint density at radius 1 is 1.36 bits per heavy atom. The molecule has 2 fully saturated rings. The first kappa shape index (κ1) is 17.3. The van der Waals surface area contributed by atoms with Gasteiger partial charge in [0.15, 0.2) is 0 Å². The molecule has 1 saturated heterocycles. The van der Waals surface area contributed by atoms with Gasteiger partial charge in [0.25, 0.3) is 0 Å². The van der Waals surface area contributed by atoms with Crippen LogP contribution in [0.1, 0.15) is 58.8 Å². The Bertz CT molecular complexity index is 391. The van der Waals surface area contributed by atoms with E-state index in [1.165, 1.54) is 12.8 Å². The molecular formula is C17H30N2O3. The second kappa shape index (κ2) is 7.95. The molecule has 0 radical (unpaired) electrons. The monoisotopic (exact) mass is 310 g/mol. The van der Waals surface area contributed by atoms with E-state index in [0.29, 0.717) is 38.4 Å². The number of rotatable bonds is 6. The predicted molar refractivity (Wildman–Crippen MR) is 85.2 cm³/mol. The van der Waals surface area contributed by atoms with E-state index in [9.17, 15) is 14.7 Å². The van der Waals surface area contributed by atoms with E-state index >= 15 is 0 Å². The molecule has 1 heterocycles. The molecule has 2 unspecified atom stereocenters. The van der Waals surface area contributed by atoms with E-state index in [1.807, 2.05) is 11.8 Å². The zero-order valence-corrected chi connectivity index (χ0v) is 13.9. The molecule has 2 aliphatic rings. The fourth-order valence-corrected chi connectivity index (χ4v) is 3.52. The van der Waals surface area contributed by atoms with Gasteiger partial charge in [0.2, 0.25) is 11.8 Å². The van der Waals surface area contributed by atoms with Crippen molar-refractivity contribution in [3.63, 3.8) is 0 Å². The quantitative estimate of drug-likeness (QED) is 0.784. The minimum absolute atomic E-state index is 0.0386. The fourth-order valence-electron chi connectivity index (χ4n) is 3.52. The van der Waals surface area contributed by atoms with Crippen LogP contribution in [0.3, 0.4) is 0 Å². The maximum atomic E-state index is 12.2. The van der Waals surface area contributed by atoms with Crippen LogP contribution < -0.4 is 5.32 Å². The van der Waals surface area contributed by atoms with Crippen LogP contribution in [-0.4, -0.2) is 47.1 Å². The third kappa shape index (κ3) is 4.45. The Kier molecular flexibility index (Phi) is 6.24. The first-order valence-corrected chi connectivity index (χ1v) is 8.76. The van der Waals surface area contributed by atoms with Crippen LogP contribution in [0.5, 0.6) is 0 Å². The Balaban J connectivity index is 1.77. The molecule has 2 rings (SSSR count). The standard InChI is InChI=1S/C17H30N2O3/c1-3-15(20)8-9-18-17(22)13-10-16(21)19(11-13)14-6-4-12(2)5-7-14/h12-15,20H,3-11H2,1-2H3,(H,18,22). The van der Waals surface area contributed by atoms with Crippen LogP contribution in [0, 0.1) is 11.8 Å². The van der Waals surface area contributed by atoms with Crippen molar-refractivity contribution in [2.24, 2.45) is 11.8 Å². The van der Waals surface area contributed by atoms with Crippen molar-refractivity contribution in [2.45, 2.75) is 70.9 Å². The van der Waals surface area contributed by atoms with Gasteiger partial charge in [-0.2, -0.15) is 0 Å². The lowest BCUT2D eigenvalue weighted by molar-refractivity contribution is -0.131. The van der Waals surface area contributed by atoms with Gasteiger partial charge >= 0.3 is 0 Å². The topological polar surface area (TPSA) is 69.6 Å². The minimum Gasteiger partial charge on any atom is -0.393 e. The second-order valence-corrected chi connectivity index (χ2v) is 7.00. The average molecular weight is 310 g/mol. The summed E-state index contributed by atoms with van der Waals surface area (Å²) >= 11 is 0. The van der Waals surface area contributed by atoms with E-state index in [4.69, 9.17) is 0 Å². The summed E-state index contributed by atoms with van der Waals surface area (Å²) in [4.78, 5) is 26.3. The molecule has 2 atom stereocenters. The molecule has 0 aromatic rings. The molecule has 2 amide bonds. The highest BCUT2D eigenvalue weighted by molar-refractivity contribution is 5.89. The Hall–Kier alpha value is -1.10. The second-order valence-electron chi connectivity index (χ2n) is 7.00. The number of amides is 2. The van der Waals surface area contributed by atoms with Crippen LogP contribution in [0.4, 0.5) is 0 Å². The van der Waals surface area contributed by atoms with Gasteiger partial charge in [-0.05, 0) is 44.4 Å². The van der Waals surface area contributed by atoms with Crippen molar-refractivity contribution in [3.8, 4) is 0 Å². The number of aliphatic hydroxyl groups is 1. The number of carbonyl (C=O) groups excluding carboxylic acids is 2. The normalized spacial score (nSPS) is 30.4. The maximum absolute atomic E-state index is 12.2. The van der Waals surface area contributed by atoms with E-state index < -0.39 is 0 Å². The summed E-state index contributed by atoms with van der Waals surface area (Å²) in [5, 5.41) is 12.4. The summed E-state index contributed by atoms with van der Waals surface area (Å²) in [6, 6.07) is 0.336. The van der Waals surface area contributed by atoms with Crippen molar-refractivity contribution < 1.29 is 14.7 Å². The fraction of sp³-hybridized carbons (Fsp3) is 0.882. The van der Waals surface area contributed by atoms with E-state index in [-0.39, 0.29) is 23.8 Å². The van der Waals surface area contributed by atoms with Crippen molar-refractivity contribution in [1.29, 1.82) is 0 Å². The van der Waals surface area contributed by atoms with E-state index in [1.54, 1.807) is 0 Å². The minimum atomic E-state index is -0.355. The number of carbonyl (C=O) groups is 2. The van der Waals surface area contributed by atoms with Gasteiger partial charge in [0.05, 0.1) is 12.0 Å². The smallest absolute Gasteiger partial charge is 0.225 e. The summed E-state index contributed by atoms with van der Waals surface area (Å²) in [6.07, 6.45) is 5.77. The van der Waals surface area contributed by atoms with Crippen LogP contribution >= 0.6 is 0 Å². The molecule has 1 aliphatic carbocycles. The summed E-state index contributed by atoms with van der Waals surface area (Å²) in [5.74, 6) is 0.639. The molecule has 1 saturated carbocycles. The number of hydrogen-bond acceptors (Lipinski definition) is 3. The molecule has 126 valence electrons. The summed E-state index contributed by atoms with van der Waals surface area (Å²) in [5.41, 5.74) is 0. The zero-order valence-electron chi connectivity index (χ0n) is 13.9. The molecule has 22 heavy (non-hydrogen) atoms. The number of aliphatic hydroxyl groups excluding tert-OH is 1. The number of hydrogen-bond donors (Lipinski definition) is 2. The molecule has 0 aromatic carbocycles. The molecule has 2 N–H and O–H groups in total. The summed E-state index contributed by atoms with van der Waals surface area (Å²) in [6.45, 7) is 5.24. The van der Waals surface area contributed by atoms with Gasteiger partial charge in [-0.25, -0.2) is 0 Å². The third-order valence-electron chi connectivity index (χ3n) is 5.20. The van der Waals surface area contributed by atoms with Gasteiger partial charge in [-0.3, -0.25) is 9.59 Å². The molecule has 0 aromatic heterocycles. The van der Waals surface area contributed by atoms with Crippen molar-refractivity contribution in [3.05, 3.63) is 0 Å². The van der Waals surface area contributed by atoms with Gasteiger partial charge < -0.3 is 15.3 Å². The van der Waals surface area contributed by atoms with Crippen molar-refractivity contribution >= 4 is 11.8 Å². The molecule has 5 nitrogen and oxygen atoms in total. The highest BCUT2D eigenvalue weighted by Gasteiger charge is 2.38. The third-order valence-corrected chi connectivity index (χ3v) is 5.20. The van der Waals surface area contributed by atoms with Gasteiger partial charge in [0, 0.05) is 25.6 Å². The van der Waals surface area contributed by atoms with Crippen molar-refractivity contribution in [1.82, 2.24) is 10.2 Å². The van der Waals surface area contributed by atoms with Gasteiger partial charge in [0.1, 0.15) is 0 Å². The molecule has 0 spiro atoms.